The first-order valence-electron chi connectivity index (χ1n) is 16.9. The Bertz CT molecular complexity index is 1690. The second kappa shape index (κ2) is 13.5. The highest BCUT2D eigenvalue weighted by molar-refractivity contribution is 7.92. The van der Waals surface area contributed by atoms with Crippen molar-refractivity contribution in [1.29, 1.82) is 0 Å². The maximum Gasteiger partial charge on any atom is 0.264 e. The van der Waals surface area contributed by atoms with Crippen molar-refractivity contribution in [2.45, 2.75) is 116 Å². The third kappa shape index (κ3) is 7.64. The minimum atomic E-state index is -4.14. The van der Waals surface area contributed by atoms with Crippen molar-refractivity contribution in [2.24, 2.45) is 11.3 Å². The standard InChI is InChI=1S/C37H50N4O5S/c1-8-37(43,9-2)27-16-18-28(19-17-27)41-29(22-36(5,6)7)23-46-32-21-31(33-24(3)12-10-13-25(33)4)38-35(39-32)40-47(44,45)30-15-11-14-26(20-30)34(41)42/h10-15,20-21,27-29,43H,8-9,16-19,22-23H2,1-7H3,(H,38,39,40)/t27-,28-,29-/m1/s1. The number of benzene rings is 2. The van der Waals surface area contributed by atoms with Gasteiger partial charge in [0.25, 0.3) is 15.9 Å². The summed E-state index contributed by atoms with van der Waals surface area (Å²) in [5.41, 5.74) is 2.85. The molecule has 2 heterocycles. The summed E-state index contributed by atoms with van der Waals surface area (Å²) < 4.78 is 36.4. The highest BCUT2D eigenvalue weighted by atomic mass is 32.2. The van der Waals surface area contributed by atoms with Crippen molar-refractivity contribution >= 4 is 21.9 Å². The summed E-state index contributed by atoms with van der Waals surface area (Å²) in [7, 11) is -4.14. The molecule has 0 spiro atoms. The van der Waals surface area contributed by atoms with Gasteiger partial charge in [0, 0.05) is 23.2 Å². The van der Waals surface area contributed by atoms with Crippen LogP contribution in [0.15, 0.2) is 53.4 Å². The van der Waals surface area contributed by atoms with Gasteiger partial charge in [0.15, 0.2) is 0 Å². The Morgan fingerprint density at radius 2 is 1.60 bits per heavy atom. The van der Waals surface area contributed by atoms with Crippen LogP contribution < -0.4 is 9.46 Å². The van der Waals surface area contributed by atoms with Gasteiger partial charge < -0.3 is 14.7 Å². The largest absolute Gasteiger partial charge is 0.475 e. The number of aryl methyl sites for hydroxylation is 2. The summed E-state index contributed by atoms with van der Waals surface area (Å²) in [4.78, 5) is 25.6. The van der Waals surface area contributed by atoms with Crippen LogP contribution in [-0.2, 0) is 10.0 Å². The van der Waals surface area contributed by atoms with Crippen molar-refractivity contribution in [3.05, 3.63) is 65.2 Å². The minimum absolute atomic E-state index is 0.0434. The van der Waals surface area contributed by atoms with Crippen LogP contribution in [0.5, 0.6) is 5.88 Å². The molecule has 1 aliphatic heterocycles. The molecule has 0 unspecified atom stereocenters. The molecule has 2 aliphatic rings. The smallest absolute Gasteiger partial charge is 0.264 e. The van der Waals surface area contributed by atoms with Crippen LogP contribution >= 0.6 is 0 Å². The van der Waals surface area contributed by atoms with Gasteiger partial charge in [-0.3, -0.25) is 4.79 Å². The van der Waals surface area contributed by atoms with E-state index in [4.69, 9.17) is 4.74 Å². The Kier molecular flexibility index (Phi) is 10.0. The van der Waals surface area contributed by atoms with Crippen LogP contribution in [0, 0.1) is 25.2 Å². The SMILES string of the molecule is CCC(O)(CC)[C@H]1CC[C@H](N2C(=O)c3cccc(c3)S(=O)(=O)Nc3nc(cc(-c4c(C)cccc4C)n3)OC[C@H]2CC(C)(C)C)CC1. The van der Waals surface area contributed by atoms with E-state index in [0.717, 1.165) is 42.4 Å². The van der Waals surface area contributed by atoms with Gasteiger partial charge in [-0.25, -0.2) is 18.1 Å². The van der Waals surface area contributed by atoms with E-state index in [-0.39, 0.29) is 52.7 Å². The van der Waals surface area contributed by atoms with Crippen molar-refractivity contribution in [3.63, 3.8) is 0 Å². The summed E-state index contributed by atoms with van der Waals surface area (Å²) >= 11 is 0. The Labute approximate surface area is 280 Å². The molecule has 4 bridgehead atoms. The highest BCUT2D eigenvalue weighted by Crippen LogP contribution is 2.40. The molecule has 1 saturated carbocycles. The summed E-state index contributed by atoms with van der Waals surface area (Å²) in [5, 5.41) is 11.3. The number of rotatable bonds is 6. The molecule has 1 aliphatic carbocycles. The zero-order valence-corrected chi connectivity index (χ0v) is 29.7. The molecule has 0 radical (unpaired) electrons. The number of hydrogen-bond acceptors (Lipinski definition) is 7. The first-order chi connectivity index (χ1) is 22.1. The van der Waals surface area contributed by atoms with E-state index < -0.39 is 15.6 Å². The lowest BCUT2D eigenvalue weighted by Gasteiger charge is -2.45. The highest BCUT2D eigenvalue weighted by Gasteiger charge is 2.41. The van der Waals surface area contributed by atoms with Gasteiger partial charge in [0.2, 0.25) is 11.8 Å². The number of nitrogens with one attached hydrogen (secondary N) is 1. The summed E-state index contributed by atoms with van der Waals surface area (Å²) in [6, 6.07) is 13.5. The normalized spacial score (nSPS) is 21.9. The fraction of sp³-hybridized carbons (Fsp3) is 0.541. The van der Waals surface area contributed by atoms with Gasteiger partial charge in [-0.1, -0.05) is 58.9 Å². The molecule has 9 nitrogen and oxygen atoms in total. The van der Waals surface area contributed by atoms with Crippen LogP contribution in [-0.4, -0.2) is 58.6 Å². The maximum atomic E-state index is 14.6. The topological polar surface area (TPSA) is 122 Å². The molecule has 1 aromatic heterocycles. The molecule has 10 heteroatoms. The number of aromatic nitrogens is 2. The molecule has 254 valence electrons. The number of fused-ring (bicyclic) bond motifs is 4. The number of anilines is 1. The van der Waals surface area contributed by atoms with E-state index in [1.165, 1.54) is 12.1 Å². The zero-order valence-electron chi connectivity index (χ0n) is 28.8. The van der Waals surface area contributed by atoms with Crippen LogP contribution in [0.1, 0.15) is 101 Å². The van der Waals surface area contributed by atoms with Gasteiger partial charge in [-0.2, -0.15) is 4.98 Å². The number of sulfonamides is 1. The first kappa shape index (κ1) is 34.8. The lowest BCUT2D eigenvalue weighted by molar-refractivity contribution is -0.0504. The average molecular weight is 663 g/mol. The molecule has 5 rings (SSSR count). The molecule has 2 aromatic carbocycles. The molecule has 0 saturated heterocycles. The zero-order chi connectivity index (χ0) is 34.1. The maximum absolute atomic E-state index is 14.6. The second-order valence-corrected chi connectivity index (χ2v) is 16.3. The van der Waals surface area contributed by atoms with Crippen LogP contribution in [0.3, 0.4) is 0 Å². The van der Waals surface area contributed by atoms with Crippen molar-refractivity contribution < 1.29 is 23.1 Å². The average Bonchev–Trinajstić information content (AvgIpc) is 3.02. The molecule has 3 aromatic rings. The lowest BCUT2D eigenvalue weighted by atomic mass is 9.72. The van der Waals surface area contributed by atoms with Gasteiger partial charge >= 0.3 is 0 Å². The fourth-order valence-electron chi connectivity index (χ4n) is 7.49. The molecule has 1 atom stereocenters. The minimum Gasteiger partial charge on any atom is -0.475 e. The molecule has 1 fully saturated rings. The monoisotopic (exact) mass is 662 g/mol. The fourth-order valence-corrected chi connectivity index (χ4v) is 8.48. The van der Waals surface area contributed by atoms with Crippen LogP contribution in [0.2, 0.25) is 0 Å². The van der Waals surface area contributed by atoms with E-state index >= 15 is 0 Å². The van der Waals surface area contributed by atoms with Gasteiger partial charge in [-0.05, 0) is 99.5 Å². The summed E-state index contributed by atoms with van der Waals surface area (Å²) in [5.74, 6) is 0.0718. The number of nitrogens with zero attached hydrogens (tertiary/aromatic N) is 3. The van der Waals surface area contributed by atoms with Crippen molar-refractivity contribution in [2.75, 3.05) is 11.3 Å². The lowest BCUT2D eigenvalue weighted by Crippen LogP contribution is -2.53. The Morgan fingerprint density at radius 1 is 0.957 bits per heavy atom. The van der Waals surface area contributed by atoms with E-state index in [1.54, 1.807) is 18.2 Å². The number of carbonyl (C=O) groups is 1. The van der Waals surface area contributed by atoms with E-state index in [2.05, 4.69) is 35.5 Å². The summed E-state index contributed by atoms with van der Waals surface area (Å²) in [6.07, 6.45) is 5.15. The van der Waals surface area contributed by atoms with E-state index in [9.17, 15) is 18.3 Å². The Morgan fingerprint density at radius 3 is 2.21 bits per heavy atom. The molecular formula is C37H50N4O5S. The predicted molar refractivity (Wildman–Crippen MR) is 185 cm³/mol. The quantitative estimate of drug-likeness (QED) is 0.284. The van der Waals surface area contributed by atoms with Gasteiger partial charge in [-0.15, -0.1) is 0 Å². The number of hydrogen-bond donors (Lipinski definition) is 2. The first-order valence-corrected chi connectivity index (χ1v) is 18.4. The van der Waals surface area contributed by atoms with Crippen molar-refractivity contribution in [3.8, 4) is 17.1 Å². The molecule has 2 N–H and O–H groups in total. The van der Waals surface area contributed by atoms with E-state index in [0.29, 0.717) is 30.5 Å². The molecular weight excluding hydrogens is 612 g/mol. The van der Waals surface area contributed by atoms with Gasteiger partial charge in [0.05, 0.1) is 22.2 Å². The predicted octanol–water partition coefficient (Wildman–Crippen LogP) is 7.31. The Balaban J connectivity index is 1.62. The third-order valence-electron chi connectivity index (χ3n) is 10.0. The van der Waals surface area contributed by atoms with Crippen molar-refractivity contribution in [1.82, 2.24) is 14.9 Å². The summed E-state index contributed by atoms with van der Waals surface area (Å²) in [6.45, 7) is 14.7. The molecule has 1 amide bonds. The second-order valence-electron chi connectivity index (χ2n) is 14.6. The number of carbonyl (C=O) groups excluding carboxylic acids is 1. The molecule has 47 heavy (non-hydrogen) atoms. The number of aliphatic hydroxyl groups is 1. The van der Waals surface area contributed by atoms with Crippen LogP contribution in [0.4, 0.5) is 5.95 Å². The van der Waals surface area contributed by atoms with Gasteiger partial charge in [0.1, 0.15) is 6.61 Å². The third-order valence-corrected chi connectivity index (χ3v) is 11.4. The Hall–Kier alpha value is -3.50. The number of ether oxygens (including phenoxy) is 1. The van der Waals surface area contributed by atoms with E-state index in [1.807, 2.05) is 50.8 Å². The van der Waals surface area contributed by atoms with Crippen LogP contribution in [0.25, 0.3) is 11.3 Å². The number of amides is 1.